The molecule has 1 aliphatic rings. The largest absolute Gasteiger partial charge is 0.469 e. The highest BCUT2D eigenvalue weighted by Gasteiger charge is 2.27. The zero-order chi connectivity index (χ0) is 13.1. The van der Waals surface area contributed by atoms with Crippen LogP contribution in [0, 0.1) is 0 Å². The monoisotopic (exact) mass is 248 g/mol. The summed E-state index contributed by atoms with van der Waals surface area (Å²) in [6.07, 6.45) is 0.633. The van der Waals surface area contributed by atoms with Gasteiger partial charge in [0.1, 0.15) is 0 Å². The predicted molar refractivity (Wildman–Crippen MR) is 67.1 cm³/mol. The lowest BCUT2D eigenvalue weighted by atomic mass is 10.1. The Kier molecular flexibility index (Phi) is 3.62. The first-order valence-corrected chi connectivity index (χ1v) is 5.82. The predicted octanol–water partition coefficient (Wildman–Crippen LogP) is 0.466. The summed E-state index contributed by atoms with van der Waals surface area (Å²) in [5, 5.41) is 0. The number of nitrogens with two attached hydrogens (primary N) is 1. The van der Waals surface area contributed by atoms with E-state index >= 15 is 0 Å². The van der Waals surface area contributed by atoms with Crippen LogP contribution in [0.4, 0.5) is 5.69 Å². The molecule has 1 amide bonds. The molecule has 0 spiro atoms. The molecule has 1 aromatic rings. The van der Waals surface area contributed by atoms with E-state index < -0.39 is 0 Å². The van der Waals surface area contributed by atoms with Gasteiger partial charge in [0, 0.05) is 24.7 Å². The lowest BCUT2D eigenvalue weighted by molar-refractivity contribution is -0.139. The molecule has 1 fully saturated rings. The number of methoxy groups -OCH3 is 1. The summed E-state index contributed by atoms with van der Waals surface area (Å²) in [6.45, 7) is 0.551. The first-order chi connectivity index (χ1) is 8.60. The quantitative estimate of drug-likeness (QED) is 0.789. The van der Waals surface area contributed by atoms with Gasteiger partial charge in [0.2, 0.25) is 5.91 Å². The topological polar surface area (TPSA) is 72.6 Å². The summed E-state index contributed by atoms with van der Waals surface area (Å²) in [5.41, 5.74) is 7.43. The third-order valence-corrected chi connectivity index (χ3v) is 2.98. The lowest BCUT2D eigenvalue weighted by Crippen LogP contribution is -2.27. The van der Waals surface area contributed by atoms with Crippen molar-refractivity contribution in [3.05, 3.63) is 29.8 Å². The molecule has 0 radical (unpaired) electrons. The minimum Gasteiger partial charge on any atom is -0.469 e. The highest BCUT2D eigenvalue weighted by molar-refractivity contribution is 5.96. The summed E-state index contributed by atoms with van der Waals surface area (Å²) in [7, 11) is 1.36. The van der Waals surface area contributed by atoms with Crippen molar-refractivity contribution in [2.24, 2.45) is 5.73 Å². The second-order valence-corrected chi connectivity index (χ2v) is 4.39. The Morgan fingerprint density at radius 3 is 2.61 bits per heavy atom. The molecule has 1 atom stereocenters. The Labute approximate surface area is 106 Å². The second-order valence-electron chi connectivity index (χ2n) is 4.39. The Morgan fingerprint density at radius 1 is 1.44 bits per heavy atom. The molecular formula is C13H16N2O3. The van der Waals surface area contributed by atoms with E-state index in [1.807, 2.05) is 24.3 Å². The van der Waals surface area contributed by atoms with Gasteiger partial charge in [-0.25, -0.2) is 0 Å². The van der Waals surface area contributed by atoms with Crippen LogP contribution >= 0.6 is 0 Å². The number of benzene rings is 1. The number of hydrogen-bond donors (Lipinski definition) is 1. The van der Waals surface area contributed by atoms with E-state index in [-0.39, 0.29) is 24.3 Å². The van der Waals surface area contributed by atoms with Gasteiger partial charge in [0.25, 0.3) is 0 Å². The van der Waals surface area contributed by atoms with Crippen molar-refractivity contribution in [3.8, 4) is 0 Å². The maximum Gasteiger partial charge on any atom is 0.309 e. The minimum atomic E-state index is -0.276. The molecule has 18 heavy (non-hydrogen) atoms. The number of carbonyl (C=O) groups excluding carboxylic acids is 2. The molecule has 1 heterocycles. The highest BCUT2D eigenvalue weighted by Crippen LogP contribution is 2.21. The lowest BCUT2D eigenvalue weighted by Gasteiger charge is -2.16. The number of hydrogen-bond acceptors (Lipinski definition) is 4. The number of anilines is 1. The highest BCUT2D eigenvalue weighted by atomic mass is 16.5. The van der Waals surface area contributed by atoms with Gasteiger partial charge in [-0.3, -0.25) is 9.59 Å². The summed E-state index contributed by atoms with van der Waals surface area (Å²) >= 11 is 0. The fourth-order valence-corrected chi connectivity index (χ4v) is 2.02. The van der Waals surface area contributed by atoms with Crippen molar-refractivity contribution in [1.82, 2.24) is 0 Å². The molecule has 1 aliphatic heterocycles. The third-order valence-electron chi connectivity index (χ3n) is 2.98. The van der Waals surface area contributed by atoms with Crippen molar-refractivity contribution >= 4 is 17.6 Å². The van der Waals surface area contributed by atoms with Crippen LogP contribution in [0.1, 0.15) is 12.0 Å². The van der Waals surface area contributed by atoms with E-state index in [1.54, 1.807) is 4.90 Å². The molecule has 0 saturated carbocycles. The summed E-state index contributed by atoms with van der Waals surface area (Å²) in [5.74, 6) is -0.231. The molecule has 96 valence electrons. The maximum absolute atomic E-state index is 11.7. The zero-order valence-corrected chi connectivity index (χ0v) is 10.3. The van der Waals surface area contributed by atoms with Gasteiger partial charge in [-0.15, -0.1) is 0 Å². The number of rotatable bonds is 3. The molecule has 1 aromatic carbocycles. The maximum atomic E-state index is 11.7. The van der Waals surface area contributed by atoms with E-state index in [4.69, 9.17) is 5.73 Å². The zero-order valence-electron chi connectivity index (χ0n) is 10.3. The summed E-state index contributed by atoms with van der Waals surface area (Å²) in [4.78, 5) is 24.5. The third kappa shape index (κ3) is 2.68. The van der Waals surface area contributed by atoms with Crippen LogP contribution in [-0.4, -0.2) is 31.6 Å². The minimum absolute atomic E-state index is 0.0446. The SMILES string of the molecule is COC(=O)Cc1ccc(N2CC(N)CC2=O)cc1. The summed E-state index contributed by atoms with van der Waals surface area (Å²) in [6, 6.07) is 7.21. The first kappa shape index (κ1) is 12.6. The first-order valence-electron chi connectivity index (χ1n) is 5.82. The van der Waals surface area contributed by atoms with Crippen LogP contribution in [0.15, 0.2) is 24.3 Å². The molecule has 0 aliphatic carbocycles. The number of carbonyl (C=O) groups is 2. The fraction of sp³-hybridized carbons (Fsp3) is 0.385. The molecule has 5 heteroatoms. The Morgan fingerprint density at radius 2 is 2.11 bits per heavy atom. The molecule has 0 bridgehead atoms. The Bertz CT molecular complexity index is 456. The number of ether oxygens (including phenoxy) is 1. The number of esters is 1. The van der Waals surface area contributed by atoms with E-state index in [9.17, 15) is 9.59 Å². The van der Waals surface area contributed by atoms with Crippen LogP contribution in [0.3, 0.4) is 0 Å². The van der Waals surface area contributed by atoms with Crippen LogP contribution in [-0.2, 0) is 20.7 Å². The van der Waals surface area contributed by atoms with Gasteiger partial charge < -0.3 is 15.4 Å². The van der Waals surface area contributed by atoms with Crippen LogP contribution in [0.2, 0.25) is 0 Å². The van der Waals surface area contributed by atoms with Gasteiger partial charge in [-0.2, -0.15) is 0 Å². The van der Waals surface area contributed by atoms with Crippen molar-refractivity contribution in [1.29, 1.82) is 0 Å². The van der Waals surface area contributed by atoms with Gasteiger partial charge in [-0.05, 0) is 17.7 Å². The van der Waals surface area contributed by atoms with Crippen LogP contribution < -0.4 is 10.6 Å². The average Bonchev–Trinajstić information content (AvgIpc) is 2.69. The number of nitrogens with zero attached hydrogens (tertiary/aromatic N) is 1. The normalized spacial score (nSPS) is 19.1. The smallest absolute Gasteiger partial charge is 0.309 e. The molecule has 2 rings (SSSR count). The molecule has 5 nitrogen and oxygen atoms in total. The van der Waals surface area contributed by atoms with Gasteiger partial charge in [-0.1, -0.05) is 12.1 Å². The Hall–Kier alpha value is -1.88. The summed E-state index contributed by atoms with van der Waals surface area (Å²) < 4.78 is 4.60. The average molecular weight is 248 g/mol. The molecule has 0 aromatic heterocycles. The van der Waals surface area contributed by atoms with E-state index in [0.29, 0.717) is 13.0 Å². The van der Waals surface area contributed by atoms with Crippen molar-refractivity contribution in [3.63, 3.8) is 0 Å². The van der Waals surface area contributed by atoms with E-state index in [0.717, 1.165) is 11.3 Å². The van der Waals surface area contributed by atoms with Gasteiger partial charge >= 0.3 is 5.97 Å². The van der Waals surface area contributed by atoms with Crippen molar-refractivity contribution < 1.29 is 14.3 Å². The molecule has 1 unspecified atom stereocenters. The van der Waals surface area contributed by atoms with E-state index in [1.165, 1.54) is 7.11 Å². The molecule has 1 saturated heterocycles. The van der Waals surface area contributed by atoms with Gasteiger partial charge in [0.05, 0.1) is 13.5 Å². The van der Waals surface area contributed by atoms with Crippen molar-refractivity contribution in [2.45, 2.75) is 18.9 Å². The molecule has 2 N–H and O–H groups in total. The second kappa shape index (κ2) is 5.18. The standard InChI is InChI=1S/C13H16N2O3/c1-18-13(17)6-9-2-4-11(5-3-9)15-8-10(14)7-12(15)16/h2-5,10H,6-8,14H2,1H3. The van der Waals surface area contributed by atoms with Crippen LogP contribution in [0.5, 0.6) is 0 Å². The van der Waals surface area contributed by atoms with Crippen LogP contribution in [0.25, 0.3) is 0 Å². The van der Waals surface area contributed by atoms with Gasteiger partial charge in [0.15, 0.2) is 0 Å². The molecular weight excluding hydrogens is 232 g/mol. The van der Waals surface area contributed by atoms with Crippen molar-refractivity contribution in [2.75, 3.05) is 18.6 Å². The van der Waals surface area contributed by atoms with E-state index in [2.05, 4.69) is 4.74 Å². The Balaban J connectivity index is 2.08. The number of amides is 1. The fourth-order valence-electron chi connectivity index (χ4n) is 2.02.